The van der Waals surface area contributed by atoms with Gasteiger partial charge in [0, 0.05) is 26.7 Å². The van der Waals surface area contributed by atoms with E-state index < -0.39 is 35.1 Å². The van der Waals surface area contributed by atoms with Crippen LogP contribution in [0.3, 0.4) is 0 Å². The van der Waals surface area contributed by atoms with Gasteiger partial charge in [0.25, 0.3) is 0 Å². The van der Waals surface area contributed by atoms with Crippen LogP contribution in [0, 0.1) is 11.8 Å². The molecule has 1 unspecified atom stereocenters. The van der Waals surface area contributed by atoms with E-state index in [1.165, 1.54) is 4.90 Å². The number of aliphatic hydroxyl groups excluding tert-OH is 1. The molecule has 1 aromatic rings. The van der Waals surface area contributed by atoms with E-state index in [2.05, 4.69) is 0 Å². The Morgan fingerprint density at radius 2 is 1.74 bits per heavy atom. The van der Waals surface area contributed by atoms with Crippen molar-refractivity contribution in [3.63, 3.8) is 0 Å². The highest BCUT2D eigenvalue weighted by atomic mass is 16.5. The van der Waals surface area contributed by atoms with Crippen molar-refractivity contribution in [3.8, 4) is 0 Å². The third-order valence-corrected chi connectivity index (χ3v) is 8.12. The smallest absolute Gasteiger partial charge is 0.249 e. The van der Waals surface area contributed by atoms with Crippen LogP contribution in [0.2, 0.25) is 0 Å². The fourth-order valence-electron chi connectivity index (χ4n) is 6.38. The van der Waals surface area contributed by atoms with Crippen LogP contribution >= 0.6 is 0 Å². The first-order valence-corrected chi connectivity index (χ1v) is 12.4. The lowest BCUT2D eigenvalue weighted by atomic mass is 9.73. The van der Waals surface area contributed by atoms with Crippen LogP contribution in [-0.4, -0.2) is 87.6 Å². The zero-order chi connectivity index (χ0) is 25.0. The minimum Gasteiger partial charge on any atom is -0.394 e. The van der Waals surface area contributed by atoms with Gasteiger partial charge in [0.05, 0.1) is 30.1 Å². The number of ether oxygens (including phenoxy) is 1. The summed E-state index contributed by atoms with van der Waals surface area (Å²) >= 11 is 0. The largest absolute Gasteiger partial charge is 0.394 e. The lowest BCUT2D eigenvalue weighted by Gasteiger charge is -2.40. The molecule has 0 aromatic heterocycles. The molecule has 6 atom stereocenters. The first kappa shape index (κ1) is 23.8. The van der Waals surface area contributed by atoms with Crippen molar-refractivity contribution in [1.82, 2.24) is 14.7 Å². The van der Waals surface area contributed by atoms with Gasteiger partial charge in [0.2, 0.25) is 17.7 Å². The minimum atomic E-state index is -1.29. The maximum absolute atomic E-state index is 14.2. The van der Waals surface area contributed by atoms with Gasteiger partial charge in [-0.3, -0.25) is 14.4 Å². The fourth-order valence-corrected chi connectivity index (χ4v) is 6.38. The zero-order valence-electron chi connectivity index (χ0n) is 20.5. The topological polar surface area (TPSA) is 90.4 Å². The number of carbonyl (C=O) groups is 3. The second-order valence-electron chi connectivity index (χ2n) is 10.1. The molecule has 0 aliphatic carbocycles. The standard InChI is InChI=1S/C27H33N3O5/c1-4-26-12-8-14-28(3)23(32)20(26)21-24(33)30(18(2)17-31)22-25(34)29(15-9-13-27(21,22)35-26)16-19-10-6-5-7-11-19/h5-13,18,20-22,31H,4,14-17H2,1-3H3/t18-,20+,21+,22?,26-,27+/m1/s1. The van der Waals surface area contributed by atoms with E-state index in [9.17, 15) is 19.5 Å². The molecule has 35 heavy (non-hydrogen) atoms. The lowest BCUT2D eigenvalue weighted by Crippen LogP contribution is -2.58. The van der Waals surface area contributed by atoms with Gasteiger partial charge in [-0.1, -0.05) is 61.6 Å². The molecule has 4 heterocycles. The summed E-state index contributed by atoms with van der Waals surface area (Å²) in [5.41, 5.74) is -1.29. The van der Waals surface area contributed by atoms with Crippen molar-refractivity contribution < 1.29 is 24.2 Å². The SMILES string of the molecule is CC[C@@]12C=CCN(C)C(=O)[C@@H]1[C@H]1C(=O)N([C@H](C)CO)C3C(=O)N(Cc4ccccc4)CC=C[C@@]31O2. The van der Waals surface area contributed by atoms with Crippen LogP contribution < -0.4 is 0 Å². The van der Waals surface area contributed by atoms with Crippen LogP contribution in [0.25, 0.3) is 0 Å². The second-order valence-corrected chi connectivity index (χ2v) is 10.1. The molecule has 4 aliphatic rings. The van der Waals surface area contributed by atoms with E-state index in [0.717, 1.165) is 5.56 Å². The fraction of sp³-hybridized carbons (Fsp3) is 0.519. The van der Waals surface area contributed by atoms with Crippen LogP contribution in [0.1, 0.15) is 25.8 Å². The summed E-state index contributed by atoms with van der Waals surface area (Å²) in [4.78, 5) is 46.7. The quantitative estimate of drug-likeness (QED) is 0.644. The summed E-state index contributed by atoms with van der Waals surface area (Å²) in [7, 11) is 1.73. The molecule has 3 amide bonds. The number of hydrogen-bond acceptors (Lipinski definition) is 5. The van der Waals surface area contributed by atoms with Crippen LogP contribution in [0.15, 0.2) is 54.6 Å². The molecule has 186 valence electrons. The molecule has 8 nitrogen and oxygen atoms in total. The molecule has 1 spiro atoms. The Balaban J connectivity index is 1.64. The molecule has 0 saturated carbocycles. The first-order chi connectivity index (χ1) is 16.8. The van der Waals surface area contributed by atoms with Crippen molar-refractivity contribution in [1.29, 1.82) is 0 Å². The Bertz CT molecular complexity index is 1090. The number of amides is 3. The maximum Gasteiger partial charge on any atom is 0.249 e. The zero-order valence-corrected chi connectivity index (χ0v) is 20.5. The molecular weight excluding hydrogens is 446 g/mol. The molecule has 2 saturated heterocycles. The number of rotatable bonds is 5. The van der Waals surface area contributed by atoms with Crippen molar-refractivity contribution in [2.24, 2.45) is 11.8 Å². The van der Waals surface area contributed by atoms with E-state index in [4.69, 9.17) is 4.74 Å². The molecule has 0 radical (unpaired) electrons. The molecule has 4 aliphatic heterocycles. The van der Waals surface area contributed by atoms with Crippen molar-refractivity contribution in [2.75, 3.05) is 26.7 Å². The average Bonchev–Trinajstić information content (AvgIpc) is 3.18. The van der Waals surface area contributed by atoms with Gasteiger partial charge in [0.1, 0.15) is 11.6 Å². The number of aliphatic hydroxyl groups is 1. The van der Waals surface area contributed by atoms with Crippen LogP contribution in [-0.2, 0) is 25.7 Å². The average molecular weight is 480 g/mol. The molecular formula is C27H33N3O5. The van der Waals surface area contributed by atoms with Gasteiger partial charge in [0.15, 0.2) is 0 Å². The highest BCUT2D eigenvalue weighted by molar-refractivity contribution is 6.00. The number of benzene rings is 1. The maximum atomic E-state index is 14.2. The van der Waals surface area contributed by atoms with E-state index in [1.807, 2.05) is 61.6 Å². The highest BCUT2D eigenvalue weighted by Gasteiger charge is 2.75. The highest BCUT2D eigenvalue weighted by Crippen LogP contribution is 2.58. The molecule has 1 N–H and O–H groups in total. The number of nitrogens with zero attached hydrogens (tertiary/aromatic N) is 3. The van der Waals surface area contributed by atoms with Crippen LogP contribution in [0.5, 0.6) is 0 Å². The van der Waals surface area contributed by atoms with Crippen molar-refractivity contribution in [2.45, 2.75) is 50.1 Å². The molecule has 8 heteroatoms. The monoisotopic (exact) mass is 479 g/mol. The number of hydrogen-bond donors (Lipinski definition) is 1. The van der Waals surface area contributed by atoms with E-state index >= 15 is 0 Å². The Kier molecular flexibility index (Phi) is 5.84. The summed E-state index contributed by atoms with van der Waals surface area (Å²) in [5, 5.41) is 10.0. The summed E-state index contributed by atoms with van der Waals surface area (Å²) in [6.45, 7) is 4.58. The summed E-state index contributed by atoms with van der Waals surface area (Å²) in [5.74, 6) is -2.30. The molecule has 5 rings (SSSR count). The van der Waals surface area contributed by atoms with Crippen LogP contribution in [0.4, 0.5) is 0 Å². The summed E-state index contributed by atoms with van der Waals surface area (Å²) < 4.78 is 6.85. The number of fused-ring (bicyclic) bond motifs is 2. The Morgan fingerprint density at radius 1 is 1.03 bits per heavy atom. The lowest BCUT2D eigenvalue weighted by molar-refractivity contribution is -0.156. The van der Waals surface area contributed by atoms with Gasteiger partial charge >= 0.3 is 0 Å². The van der Waals surface area contributed by atoms with Gasteiger partial charge in [-0.2, -0.15) is 0 Å². The van der Waals surface area contributed by atoms with E-state index in [-0.39, 0.29) is 24.3 Å². The Hall–Kier alpha value is -2.97. The Morgan fingerprint density at radius 3 is 2.43 bits per heavy atom. The molecule has 1 aromatic carbocycles. The number of likely N-dealkylation sites (N-methyl/N-ethyl adjacent to an activating group) is 1. The van der Waals surface area contributed by atoms with E-state index in [0.29, 0.717) is 26.1 Å². The van der Waals surface area contributed by atoms with E-state index in [1.54, 1.807) is 23.8 Å². The van der Waals surface area contributed by atoms with Gasteiger partial charge < -0.3 is 24.5 Å². The summed E-state index contributed by atoms with van der Waals surface area (Å²) in [6.07, 6.45) is 8.07. The number of likely N-dealkylation sites (tertiary alicyclic amines) is 1. The third-order valence-electron chi connectivity index (χ3n) is 8.12. The van der Waals surface area contributed by atoms with Gasteiger partial charge in [-0.25, -0.2) is 0 Å². The van der Waals surface area contributed by atoms with Gasteiger partial charge in [-0.05, 0) is 18.9 Å². The molecule has 2 fully saturated rings. The Labute approximate surface area is 205 Å². The first-order valence-electron chi connectivity index (χ1n) is 12.4. The third kappa shape index (κ3) is 3.37. The van der Waals surface area contributed by atoms with Gasteiger partial charge in [-0.15, -0.1) is 0 Å². The molecule has 0 bridgehead atoms. The predicted molar refractivity (Wildman–Crippen MR) is 129 cm³/mol. The van der Waals surface area contributed by atoms with Crippen molar-refractivity contribution >= 4 is 17.7 Å². The summed E-state index contributed by atoms with van der Waals surface area (Å²) in [6, 6.07) is 8.14. The normalized spacial score (nSPS) is 35.0. The second kappa shape index (κ2) is 8.60. The number of carbonyl (C=O) groups excluding carboxylic acids is 3. The minimum absolute atomic E-state index is 0.157. The van der Waals surface area contributed by atoms with Crippen molar-refractivity contribution in [3.05, 3.63) is 60.2 Å². The predicted octanol–water partition coefficient (Wildman–Crippen LogP) is 1.36.